The quantitative estimate of drug-likeness (QED) is 0.769. The van der Waals surface area contributed by atoms with E-state index in [4.69, 9.17) is 0 Å². The van der Waals surface area contributed by atoms with Crippen molar-refractivity contribution in [3.63, 3.8) is 0 Å². The first-order chi connectivity index (χ1) is 9.34. The SMILES string of the molecule is Ic1nn(CCCN2CCCCC2)c2ccccc12. The second-order valence-corrected chi connectivity index (χ2v) is 6.31. The average Bonchev–Trinajstić information content (AvgIpc) is 2.78. The van der Waals surface area contributed by atoms with Crippen molar-refractivity contribution in [2.24, 2.45) is 0 Å². The van der Waals surface area contributed by atoms with Crippen molar-refractivity contribution in [1.82, 2.24) is 14.7 Å². The van der Waals surface area contributed by atoms with E-state index >= 15 is 0 Å². The molecule has 102 valence electrons. The summed E-state index contributed by atoms with van der Waals surface area (Å²) in [6.45, 7) is 4.82. The van der Waals surface area contributed by atoms with Gasteiger partial charge in [0.1, 0.15) is 3.70 Å². The molecule has 1 saturated heterocycles. The molecule has 0 saturated carbocycles. The number of hydrogen-bond acceptors (Lipinski definition) is 2. The van der Waals surface area contributed by atoms with Crippen LogP contribution in [0.15, 0.2) is 24.3 Å². The van der Waals surface area contributed by atoms with Crippen LogP contribution in [0.25, 0.3) is 10.9 Å². The molecule has 0 atom stereocenters. The summed E-state index contributed by atoms with van der Waals surface area (Å²) in [5.74, 6) is 0. The number of likely N-dealkylation sites (tertiary alicyclic amines) is 1. The second kappa shape index (κ2) is 6.22. The third-order valence-electron chi connectivity index (χ3n) is 3.91. The van der Waals surface area contributed by atoms with Crippen molar-refractivity contribution >= 4 is 33.5 Å². The molecule has 2 aromatic rings. The molecule has 1 aliphatic rings. The van der Waals surface area contributed by atoms with E-state index in [0.29, 0.717) is 0 Å². The fourth-order valence-electron chi connectivity index (χ4n) is 2.88. The van der Waals surface area contributed by atoms with Gasteiger partial charge >= 0.3 is 0 Å². The number of aromatic nitrogens is 2. The molecule has 1 aromatic carbocycles. The van der Waals surface area contributed by atoms with Gasteiger partial charge in [-0.25, -0.2) is 0 Å². The molecule has 0 amide bonds. The number of benzene rings is 1. The minimum Gasteiger partial charge on any atom is -0.303 e. The van der Waals surface area contributed by atoms with Gasteiger partial charge in [-0.3, -0.25) is 4.68 Å². The molecule has 2 heterocycles. The van der Waals surface area contributed by atoms with Crippen LogP contribution in [0.5, 0.6) is 0 Å². The number of rotatable bonds is 4. The predicted octanol–water partition coefficient (Wildman–Crippen LogP) is 3.52. The highest BCUT2D eigenvalue weighted by Crippen LogP contribution is 2.20. The van der Waals surface area contributed by atoms with Crippen LogP contribution in [0.3, 0.4) is 0 Å². The predicted molar refractivity (Wildman–Crippen MR) is 87.4 cm³/mol. The maximum Gasteiger partial charge on any atom is 0.131 e. The Morgan fingerprint density at radius 1 is 1.05 bits per heavy atom. The van der Waals surface area contributed by atoms with Crippen molar-refractivity contribution in [2.45, 2.75) is 32.2 Å². The van der Waals surface area contributed by atoms with Crippen LogP contribution in [0.2, 0.25) is 0 Å². The number of aryl methyl sites for hydroxylation is 1. The number of halogens is 1. The number of nitrogens with zero attached hydrogens (tertiary/aromatic N) is 3. The summed E-state index contributed by atoms with van der Waals surface area (Å²) in [7, 11) is 0. The lowest BCUT2D eigenvalue weighted by Crippen LogP contribution is -2.31. The first-order valence-electron chi connectivity index (χ1n) is 7.18. The number of piperidine rings is 1. The summed E-state index contributed by atoms with van der Waals surface area (Å²) in [6, 6.07) is 8.52. The molecular formula is C15H20IN3. The highest BCUT2D eigenvalue weighted by atomic mass is 127. The molecule has 3 rings (SSSR count). The van der Waals surface area contributed by atoms with Crippen molar-refractivity contribution in [2.75, 3.05) is 19.6 Å². The molecular weight excluding hydrogens is 349 g/mol. The van der Waals surface area contributed by atoms with Gasteiger partial charge in [-0.15, -0.1) is 0 Å². The summed E-state index contributed by atoms with van der Waals surface area (Å²) in [5, 5.41) is 5.94. The van der Waals surface area contributed by atoms with Crippen molar-refractivity contribution in [1.29, 1.82) is 0 Å². The van der Waals surface area contributed by atoms with Gasteiger partial charge in [-0.1, -0.05) is 24.6 Å². The minimum atomic E-state index is 1.03. The van der Waals surface area contributed by atoms with E-state index in [-0.39, 0.29) is 0 Å². The maximum atomic E-state index is 4.66. The third-order valence-corrected chi connectivity index (χ3v) is 4.70. The van der Waals surface area contributed by atoms with Gasteiger partial charge < -0.3 is 4.90 Å². The maximum absolute atomic E-state index is 4.66. The largest absolute Gasteiger partial charge is 0.303 e. The van der Waals surface area contributed by atoms with Crippen LogP contribution >= 0.6 is 22.6 Å². The number of hydrogen-bond donors (Lipinski definition) is 0. The first kappa shape index (κ1) is 13.4. The minimum absolute atomic E-state index is 1.03. The van der Waals surface area contributed by atoms with Gasteiger partial charge in [0.25, 0.3) is 0 Å². The molecule has 0 bridgehead atoms. The third kappa shape index (κ3) is 3.11. The molecule has 0 spiro atoms. The average molecular weight is 369 g/mol. The van der Waals surface area contributed by atoms with E-state index in [2.05, 4.69) is 61.5 Å². The van der Waals surface area contributed by atoms with Crippen molar-refractivity contribution in [3.8, 4) is 0 Å². The number of para-hydroxylation sites is 1. The zero-order chi connectivity index (χ0) is 13.1. The fourth-order valence-corrected chi connectivity index (χ4v) is 3.60. The summed E-state index contributed by atoms with van der Waals surface area (Å²) in [4.78, 5) is 2.60. The van der Waals surface area contributed by atoms with Gasteiger partial charge in [-0.05, 0) is 67.6 Å². The van der Waals surface area contributed by atoms with E-state index in [1.54, 1.807) is 0 Å². The van der Waals surface area contributed by atoms with Crippen molar-refractivity contribution < 1.29 is 0 Å². The van der Waals surface area contributed by atoms with E-state index in [1.807, 2.05) is 0 Å². The second-order valence-electron chi connectivity index (χ2n) is 5.29. The summed E-state index contributed by atoms with van der Waals surface area (Å²) < 4.78 is 3.28. The highest BCUT2D eigenvalue weighted by Gasteiger charge is 2.11. The lowest BCUT2D eigenvalue weighted by atomic mass is 10.1. The Kier molecular flexibility index (Phi) is 4.38. The number of fused-ring (bicyclic) bond motifs is 1. The highest BCUT2D eigenvalue weighted by molar-refractivity contribution is 14.1. The molecule has 0 N–H and O–H groups in total. The molecule has 1 fully saturated rings. The Morgan fingerprint density at radius 3 is 2.68 bits per heavy atom. The van der Waals surface area contributed by atoms with Crippen molar-refractivity contribution in [3.05, 3.63) is 28.0 Å². The van der Waals surface area contributed by atoms with Crippen LogP contribution in [0.1, 0.15) is 25.7 Å². The molecule has 4 heteroatoms. The zero-order valence-corrected chi connectivity index (χ0v) is 13.3. The molecule has 1 aromatic heterocycles. The van der Waals surface area contributed by atoms with Crippen LogP contribution in [-0.4, -0.2) is 34.3 Å². The summed E-state index contributed by atoms with van der Waals surface area (Å²) in [5.41, 5.74) is 1.27. The topological polar surface area (TPSA) is 21.1 Å². The standard InChI is InChI=1S/C15H20IN3/c16-15-13-7-2-3-8-14(13)19(17-15)12-6-11-18-9-4-1-5-10-18/h2-3,7-8H,1,4-6,9-12H2. The molecule has 0 radical (unpaired) electrons. The molecule has 1 aliphatic heterocycles. The Labute approximate surface area is 128 Å². The van der Waals surface area contributed by atoms with E-state index in [0.717, 1.165) is 10.2 Å². The monoisotopic (exact) mass is 369 g/mol. The van der Waals surface area contributed by atoms with Crippen LogP contribution in [0, 0.1) is 3.70 Å². The fraction of sp³-hybridized carbons (Fsp3) is 0.533. The Balaban J connectivity index is 1.62. The van der Waals surface area contributed by atoms with E-state index in [9.17, 15) is 0 Å². The van der Waals surface area contributed by atoms with Gasteiger partial charge in [0.2, 0.25) is 0 Å². The normalized spacial score (nSPS) is 17.1. The lowest BCUT2D eigenvalue weighted by Gasteiger charge is -2.26. The van der Waals surface area contributed by atoms with Gasteiger partial charge in [0, 0.05) is 11.9 Å². The van der Waals surface area contributed by atoms with E-state index < -0.39 is 0 Å². The Morgan fingerprint density at radius 2 is 1.84 bits per heavy atom. The molecule has 0 unspecified atom stereocenters. The molecule has 0 aliphatic carbocycles. The van der Waals surface area contributed by atoms with Crippen LogP contribution < -0.4 is 0 Å². The zero-order valence-electron chi connectivity index (χ0n) is 11.2. The summed E-state index contributed by atoms with van der Waals surface area (Å²) >= 11 is 2.33. The van der Waals surface area contributed by atoms with Gasteiger partial charge in [0.05, 0.1) is 5.52 Å². The van der Waals surface area contributed by atoms with E-state index in [1.165, 1.54) is 56.2 Å². The van der Waals surface area contributed by atoms with Crippen LogP contribution in [-0.2, 0) is 6.54 Å². The first-order valence-corrected chi connectivity index (χ1v) is 8.26. The smallest absolute Gasteiger partial charge is 0.131 e. The van der Waals surface area contributed by atoms with Crippen LogP contribution in [0.4, 0.5) is 0 Å². The lowest BCUT2D eigenvalue weighted by molar-refractivity contribution is 0.222. The summed E-state index contributed by atoms with van der Waals surface area (Å²) in [6.07, 6.45) is 5.37. The molecule has 19 heavy (non-hydrogen) atoms. The molecule has 3 nitrogen and oxygen atoms in total. The van der Waals surface area contributed by atoms with Gasteiger partial charge in [-0.2, -0.15) is 5.10 Å². The Hall–Kier alpha value is -0.620. The Bertz CT molecular complexity index is 543. The van der Waals surface area contributed by atoms with Gasteiger partial charge in [0.15, 0.2) is 0 Å².